The molecule has 0 amide bonds. The fourth-order valence-corrected chi connectivity index (χ4v) is 2.31. The highest BCUT2D eigenvalue weighted by Gasteiger charge is 2.43. The molecule has 0 rings (SSSR count). The van der Waals surface area contributed by atoms with Crippen LogP contribution in [0.3, 0.4) is 0 Å². The quantitative estimate of drug-likeness (QED) is 0.328. The molecule has 0 bridgehead atoms. The summed E-state index contributed by atoms with van der Waals surface area (Å²) in [6.07, 6.45) is 1.84. The highest BCUT2D eigenvalue weighted by molar-refractivity contribution is 6.53. The Kier molecular flexibility index (Phi) is 9.27. The number of ether oxygens (including phenoxy) is 1. The van der Waals surface area contributed by atoms with Crippen LogP contribution in [0.25, 0.3) is 0 Å². The Balaban J connectivity index is 3.88. The van der Waals surface area contributed by atoms with Crippen LogP contribution < -0.4 is 0 Å². The van der Waals surface area contributed by atoms with Crippen LogP contribution in [0.4, 0.5) is 0 Å². The Bertz CT molecular complexity index is 140. The molecule has 0 spiro atoms. The summed E-state index contributed by atoms with van der Waals surface area (Å²) < 4.78 is 26.3. The highest BCUT2D eigenvalue weighted by Crippen LogP contribution is 2.09. The Morgan fingerprint density at radius 3 is 1.93 bits per heavy atom. The Hall–Kier alpha value is 0.0169. The molecular formula is C9H22O5Si. The van der Waals surface area contributed by atoms with E-state index in [0.717, 1.165) is 12.8 Å². The van der Waals surface area contributed by atoms with Gasteiger partial charge in [0.1, 0.15) is 6.79 Å². The van der Waals surface area contributed by atoms with Crippen LogP contribution in [-0.4, -0.2) is 43.3 Å². The number of hydrogen-bond donors (Lipinski definition) is 0. The van der Waals surface area contributed by atoms with E-state index in [0.29, 0.717) is 13.2 Å². The van der Waals surface area contributed by atoms with E-state index in [9.17, 15) is 0 Å². The van der Waals surface area contributed by atoms with Crippen molar-refractivity contribution in [2.24, 2.45) is 0 Å². The summed E-state index contributed by atoms with van der Waals surface area (Å²) in [4.78, 5) is 0. The lowest BCUT2D eigenvalue weighted by Gasteiger charge is -2.24. The predicted molar refractivity (Wildman–Crippen MR) is 58.2 cm³/mol. The third-order valence-corrected chi connectivity index (χ3v) is 3.68. The van der Waals surface area contributed by atoms with Gasteiger partial charge in [-0.15, -0.1) is 0 Å². The zero-order valence-corrected chi connectivity index (χ0v) is 11.1. The van der Waals surface area contributed by atoms with E-state index in [4.69, 9.17) is 22.4 Å². The second kappa shape index (κ2) is 9.26. The van der Waals surface area contributed by atoms with E-state index in [1.54, 1.807) is 0 Å². The van der Waals surface area contributed by atoms with Gasteiger partial charge in [0, 0.05) is 27.4 Å². The Morgan fingerprint density at radius 1 is 0.867 bits per heavy atom. The molecule has 5 nitrogen and oxygen atoms in total. The minimum absolute atomic E-state index is 0.144. The Morgan fingerprint density at radius 2 is 1.47 bits per heavy atom. The summed E-state index contributed by atoms with van der Waals surface area (Å²) in [5.74, 6) is 0. The first kappa shape index (κ1) is 15.0. The molecule has 0 aliphatic rings. The van der Waals surface area contributed by atoms with Crippen LogP contribution in [-0.2, 0) is 22.4 Å². The molecule has 0 aromatic carbocycles. The van der Waals surface area contributed by atoms with E-state index >= 15 is 0 Å². The van der Waals surface area contributed by atoms with Crippen molar-refractivity contribution in [3.8, 4) is 0 Å². The topological polar surface area (TPSA) is 46.2 Å². The van der Waals surface area contributed by atoms with E-state index < -0.39 is 9.05 Å². The molecule has 6 heteroatoms. The molecule has 0 aliphatic carbocycles. The van der Waals surface area contributed by atoms with Crippen LogP contribution in [0.5, 0.6) is 0 Å². The zero-order valence-electron chi connectivity index (χ0n) is 10.1. The summed E-state index contributed by atoms with van der Waals surface area (Å²) in [6, 6.07) is 0. The minimum atomic E-state index is -2.94. The van der Waals surface area contributed by atoms with E-state index in [2.05, 4.69) is 0 Å². The number of rotatable bonds is 10. The van der Waals surface area contributed by atoms with Crippen molar-refractivity contribution < 1.29 is 22.4 Å². The first-order valence-corrected chi connectivity index (χ1v) is 6.83. The van der Waals surface area contributed by atoms with Gasteiger partial charge in [-0.05, 0) is 12.8 Å². The summed E-state index contributed by atoms with van der Waals surface area (Å²) in [7, 11) is 0.0987. The second-order valence-corrected chi connectivity index (χ2v) is 5.32. The van der Waals surface area contributed by atoms with Gasteiger partial charge in [-0.1, -0.05) is 13.8 Å². The normalized spacial score (nSPS) is 12.0. The standard InChI is InChI=1S/C9H22O5Si/c1-5-7-12-9-14-15(10-3,11-4)13-8-6-2/h5-9H2,1-4H3. The van der Waals surface area contributed by atoms with Crippen LogP contribution >= 0.6 is 0 Å². The smallest absolute Gasteiger partial charge is 0.356 e. The molecular weight excluding hydrogens is 216 g/mol. The largest absolute Gasteiger partial charge is 0.680 e. The summed E-state index contributed by atoms with van der Waals surface area (Å²) in [5.41, 5.74) is 0. The van der Waals surface area contributed by atoms with Gasteiger partial charge in [0.05, 0.1) is 0 Å². The molecule has 0 atom stereocenters. The van der Waals surface area contributed by atoms with Gasteiger partial charge in [-0.3, -0.25) is 0 Å². The average Bonchev–Trinajstić information content (AvgIpc) is 2.29. The van der Waals surface area contributed by atoms with Gasteiger partial charge in [-0.2, -0.15) is 0 Å². The van der Waals surface area contributed by atoms with Crippen LogP contribution in [0, 0.1) is 0 Å². The molecule has 0 fully saturated rings. The average molecular weight is 238 g/mol. The SMILES string of the molecule is CCCOCO[Si](OC)(OC)OCCC. The lowest BCUT2D eigenvalue weighted by molar-refractivity contribution is -0.0784. The molecule has 0 aliphatic heterocycles. The monoisotopic (exact) mass is 238 g/mol. The van der Waals surface area contributed by atoms with Crippen molar-refractivity contribution >= 4 is 9.05 Å². The zero-order chi connectivity index (χ0) is 11.6. The molecule has 15 heavy (non-hydrogen) atoms. The van der Waals surface area contributed by atoms with Gasteiger partial charge in [0.2, 0.25) is 0 Å². The number of hydrogen-bond acceptors (Lipinski definition) is 5. The first-order valence-electron chi connectivity index (χ1n) is 5.20. The van der Waals surface area contributed by atoms with Crippen molar-refractivity contribution in [1.29, 1.82) is 0 Å². The van der Waals surface area contributed by atoms with E-state index in [-0.39, 0.29) is 6.79 Å². The summed E-state index contributed by atoms with van der Waals surface area (Å²) in [6.45, 7) is 5.40. The fraction of sp³-hybridized carbons (Fsp3) is 1.00. The molecule has 0 aromatic heterocycles. The summed E-state index contributed by atoms with van der Waals surface area (Å²) >= 11 is 0. The van der Waals surface area contributed by atoms with Crippen LogP contribution in [0.2, 0.25) is 0 Å². The van der Waals surface area contributed by atoms with Crippen molar-refractivity contribution in [1.82, 2.24) is 0 Å². The first-order chi connectivity index (χ1) is 7.24. The molecule has 0 radical (unpaired) electrons. The van der Waals surface area contributed by atoms with Gasteiger partial charge in [0.25, 0.3) is 0 Å². The maximum atomic E-state index is 5.45. The van der Waals surface area contributed by atoms with Crippen molar-refractivity contribution in [3.63, 3.8) is 0 Å². The predicted octanol–water partition coefficient (Wildman–Crippen LogP) is 1.54. The van der Waals surface area contributed by atoms with E-state index in [1.807, 2.05) is 13.8 Å². The molecule has 0 N–H and O–H groups in total. The third-order valence-electron chi connectivity index (χ3n) is 1.65. The molecule has 0 heterocycles. The minimum Gasteiger partial charge on any atom is -0.356 e. The third kappa shape index (κ3) is 6.24. The fourth-order valence-electron chi connectivity index (χ4n) is 0.905. The van der Waals surface area contributed by atoms with Crippen LogP contribution in [0.15, 0.2) is 0 Å². The molecule has 0 aromatic rings. The highest BCUT2D eigenvalue weighted by atomic mass is 28.4. The summed E-state index contributed by atoms with van der Waals surface area (Å²) in [5, 5.41) is 0. The van der Waals surface area contributed by atoms with Crippen molar-refractivity contribution in [2.75, 3.05) is 34.2 Å². The van der Waals surface area contributed by atoms with Gasteiger partial charge < -0.3 is 22.4 Å². The molecule has 0 saturated carbocycles. The van der Waals surface area contributed by atoms with Gasteiger partial charge in [-0.25, -0.2) is 0 Å². The lowest BCUT2D eigenvalue weighted by atomic mass is 10.5. The molecule has 0 saturated heterocycles. The maximum absolute atomic E-state index is 5.45. The van der Waals surface area contributed by atoms with Gasteiger partial charge in [0.15, 0.2) is 0 Å². The van der Waals surface area contributed by atoms with E-state index in [1.165, 1.54) is 14.2 Å². The van der Waals surface area contributed by atoms with Crippen molar-refractivity contribution in [3.05, 3.63) is 0 Å². The molecule has 92 valence electrons. The second-order valence-electron chi connectivity index (χ2n) is 2.93. The van der Waals surface area contributed by atoms with Crippen LogP contribution in [0.1, 0.15) is 26.7 Å². The molecule has 0 unspecified atom stereocenters. The Labute approximate surface area is 93.1 Å². The lowest BCUT2D eigenvalue weighted by Crippen LogP contribution is -2.48. The van der Waals surface area contributed by atoms with Crippen molar-refractivity contribution in [2.45, 2.75) is 26.7 Å². The maximum Gasteiger partial charge on any atom is 0.680 e. The van der Waals surface area contributed by atoms with Gasteiger partial charge >= 0.3 is 9.05 Å².